The van der Waals surface area contributed by atoms with Gasteiger partial charge in [0.05, 0.1) is 11.9 Å². The van der Waals surface area contributed by atoms with Gasteiger partial charge >= 0.3 is 12.1 Å². The Morgan fingerprint density at radius 2 is 1.76 bits per heavy atom. The molecule has 1 atom stereocenters. The van der Waals surface area contributed by atoms with E-state index in [4.69, 9.17) is 4.74 Å². The maximum absolute atomic E-state index is 13.0. The van der Waals surface area contributed by atoms with Crippen LogP contribution >= 0.6 is 0 Å². The molecule has 1 aliphatic carbocycles. The van der Waals surface area contributed by atoms with Crippen LogP contribution in [0, 0.1) is 5.92 Å². The number of nitrogens with zero attached hydrogens (tertiary/aromatic N) is 4. The number of likely N-dealkylation sites (tertiary alicyclic amines) is 1. The number of carbonyl (C=O) groups excluding carboxylic acids is 1. The van der Waals surface area contributed by atoms with E-state index in [-0.39, 0.29) is 29.6 Å². The summed E-state index contributed by atoms with van der Waals surface area (Å²) in [4.78, 5) is 37.0. The maximum atomic E-state index is 13.0. The molecule has 0 radical (unpaired) electrons. The van der Waals surface area contributed by atoms with Crippen LogP contribution in [0.3, 0.4) is 0 Å². The van der Waals surface area contributed by atoms with E-state index < -0.39 is 28.1 Å². The minimum Gasteiger partial charge on any atom is -0.480 e. The van der Waals surface area contributed by atoms with Gasteiger partial charge in [-0.1, -0.05) is 25.0 Å². The van der Waals surface area contributed by atoms with Crippen molar-refractivity contribution in [1.82, 2.24) is 14.9 Å². The van der Waals surface area contributed by atoms with Crippen LogP contribution in [0.15, 0.2) is 30.5 Å². The predicted octanol–water partition coefficient (Wildman–Crippen LogP) is 3.96. The number of hydrogen-bond acceptors (Lipinski definition) is 9. The highest BCUT2D eigenvalue weighted by Gasteiger charge is 2.26. The summed E-state index contributed by atoms with van der Waals surface area (Å²) in [7, 11) is -3.70. The number of rotatable bonds is 13. The number of sulfonamides is 1. The summed E-state index contributed by atoms with van der Waals surface area (Å²) in [6.45, 7) is 6.51. The largest absolute Gasteiger partial charge is 0.480 e. The van der Waals surface area contributed by atoms with Crippen LogP contribution in [0.5, 0.6) is 5.75 Å². The summed E-state index contributed by atoms with van der Waals surface area (Å²) in [6.07, 6.45) is 6.80. The van der Waals surface area contributed by atoms with E-state index in [0.717, 1.165) is 38.5 Å². The first-order chi connectivity index (χ1) is 19.7. The van der Waals surface area contributed by atoms with Gasteiger partial charge < -0.3 is 25.0 Å². The van der Waals surface area contributed by atoms with Gasteiger partial charge in [0.15, 0.2) is 5.82 Å². The molecule has 1 amide bonds. The van der Waals surface area contributed by atoms with E-state index in [1.807, 2.05) is 18.7 Å². The number of benzene rings is 1. The third-order valence-corrected chi connectivity index (χ3v) is 9.00. The molecule has 3 N–H and O–H groups in total. The standard InChI is InChI=1S/C28H40N6O6S/c1-3-33(4-2)27-29-18-24(32-41(38,39)19-21-9-5-6-10-21)25(31-27)30-23(26(35)36)17-20-11-13-22(14-12-20)40-28(37)34-15-7-8-16-34/h11-14,18,21,23,32H,3-10,15-17,19H2,1-2H3,(H,35,36)(H,29,30,31)/t23-/m0/s1. The van der Waals surface area contributed by atoms with Crippen molar-refractivity contribution in [2.24, 2.45) is 5.92 Å². The molecule has 0 unspecified atom stereocenters. The summed E-state index contributed by atoms with van der Waals surface area (Å²) in [5.41, 5.74) is 0.793. The van der Waals surface area contributed by atoms with Crippen LogP contribution in [-0.4, -0.2) is 78.4 Å². The predicted molar refractivity (Wildman–Crippen MR) is 157 cm³/mol. The first kappa shape index (κ1) is 30.4. The molecule has 12 nitrogen and oxygen atoms in total. The molecule has 1 saturated heterocycles. The molecule has 4 rings (SSSR count). The van der Waals surface area contributed by atoms with Crippen LogP contribution in [-0.2, 0) is 21.2 Å². The summed E-state index contributed by atoms with van der Waals surface area (Å²) < 4.78 is 34.0. The van der Waals surface area contributed by atoms with Crippen LogP contribution in [0.1, 0.15) is 57.9 Å². The number of carbonyl (C=O) groups is 2. The van der Waals surface area contributed by atoms with Gasteiger partial charge in [-0.2, -0.15) is 4.98 Å². The fourth-order valence-electron chi connectivity index (χ4n) is 5.27. The number of ether oxygens (including phenoxy) is 1. The van der Waals surface area contributed by atoms with E-state index in [0.29, 0.717) is 43.4 Å². The lowest BCUT2D eigenvalue weighted by molar-refractivity contribution is -0.137. The first-order valence-corrected chi connectivity index (χ1v) is 16.0. The van der Waals surface area contributed by atoms with Gasteiger partial charge in [0.25, 0.3) is 0 Å². The molecule has 1 aromatic heterocycles. The van der Waals surface area contributed by atoms with E-state index in [2.05, 4.69) is 20.0 Å². The highest BCUT2D eigenvalue weighted by Crippen LogP contribution is 2.29. The smallest absolute Gasteiger partial charge is 0.415 e. The zero-order valence-electron chi connectivity index (χ0n) is 23.7. The molecule has 41 heavy (non-hydrogen) atoms. The average molecular weight is 589 g/mol. The van der Waals surface area contributed by atoms with Crippen LogP contribution < -0.4 is 19.7 Å². The Hall–Kier alpha value is -3.61. The van der Waals surface area contributed by atoms with Crippen molar-refractivity contribution >= 4 is 39.5 Å². The number of anilines is 3. The Kier molecular flexibility index (Phi) is 10.2. The third kappa shape index (κ3) is 8.44. The van der Waals surface area contributed by atoms with Crippen molar-refractivity contribution in [2.45, 2.75) is 64.8 Å². The molecular weight excluding hydrogens is 548 g/mol. The van der Waals surface area contributed by atoms with Gasteiger partial charge in [0.2, 0.25) is 16.0 Å². The quantitative estimate of drug-likeness (QED) is 0.313. The molecule has 2 aliphatic rings. The lowest BCUT2D eigenvalue weighted by atomic mass is 10.1. The molecule has 1 saturated carbocycles. The third-order valence-electron chi connectivity index (χ3n) is 7.56. The van der Waals surface area contributed by atoms with E-state index in [9.17, 15) is 23.1 Å². The SMILES string of the molecule is CCN(CC)c1ncc(NS(=O)(=O)CC2CCCC2)c(N[C@@H](Cc2ccc(OC(=O)N3CCCC3)cc2)C(=O)O)n1. The molecule has 224 valence electrons. The topological polar surface area (TPSA) is 154 Å². The van der Waals surface area contributed by atoms with Crippen molar-refractivity contribution in [3.63, 3.8) is 0 Å². The minimum atomic E-state index is -3.70. The zero-order chi connectivity index (χ0) is 29.4. The Morgan fingerprint density at radius 3 is 2.37 bits per heavy atom. The van der Waals surface area contributed by atoms with Crippen molar-refractivity contribution in [2.75, 3.05) is 46.9 Å². The number of aliphatic carboxylic acids is 1. The normalized spacial score (nSPS) is 16.4. The molecule has 2 aromatic rings. The number of nitrogens with one attached hydrogen (secondary N) is 2. The summed E-state index contributed by atoms with van der Waals surface area (Å²) in [5.74, 6) is -0.183. The Bertz CT molecular complexity index is 1290. The molecule has 2 heterocycles. The lowest BCUT2D eigenvalue weighted by Crippen LogP contribution is -2.33. The van der Waals surface area contributed by atoms with Crippen molar-refractivity contribution < 1.29 is 27.9 Å². The zero-order valence-corrected chi connectivity index (χ0v) is 24.5. The number of carboxylic acid groups (broad SMARTS) is 1. The molecule has 2 fully saturated rings. The van der Waals surface area contributed by atoms with Gasteiger partial charge in [0.1, 0.15) is 17.5 Å². The number of hydrogen-bond donors (Lipinski definition) is 3. The Balaban J connectivity index is 1.51. The first-order valence-electron chi connectivity index (χ1n) is 14.3. The highest BCUT2D eigenvalue weighted by atomic mass is 32.2. The fourth-order valence-corrected chi connectivity index (χ4v) is 6.79. The summed E-state index contributed by atoms with van der Waals surface area (Å²) in [5, 5.41) is 13.0. The van der Waals surface area contributed by atoms with Crippen LogP contribution in [0.2, 0.25) is 0 Å². The van der Waals surface area contributed by atoms with E-state index in [1.165, 1.54) is 6.20 Å². The second-order valence-electron chi connectivity index (χ2n) is 10.6. The molecule has 1 aliphatic heterocycles. The maximum Gasteiger partial charge on any atom is 0.415 e. The molecular formula is C28H40N6O6S. The molecule has 0 spiro atoms. The number of aromatic nitrogens is 2. The second-order valence-corrected chi connectivity index (χ2v) is 12.4. The molecule has 13 heteroatoms. The van der Waals surface area contributed by atoms with Gasteiger partial charge in [0, 0.05) is 32.6 Å². The van der Waals surface area contributed by atoms with E-state index >= 15 is 0 Å². The average Bonchev–Trinajstić information content (AvgIpc) is 3.66. The minimum absolute atomic E-state index is 0.00127. The lowest BCUT2D eigenvalue weighted by Gasteiger charge is -2.23. The number of carboxylic acids is 1. The van der Waals surface area contributed by atoms with Crippen LogP contribution in [0.25, 0.3) is 0 Å². The van der Waals surface area contributed by atoms with Crippen molar-refractivity contribution in [3.05, 3.63) is 36.0 Å². The van der Waals surface area contributed by atoms with Crippen molar-refractivity contribution in [1.29, 1.82) is 0 Å². The van der Waals surface area contributed by atoms with Gasteiger partial charge in [-0.25, -0.2) is 23.0 Å². The summed E-state index contributed by atoms with van der Waals surface area (Å²) >= 11 is 0. The van der Waals surface area contributed by atoms with Crippen LogP contribution in [0.4, 0.5) is 22.2 Å². The second kappa shape index (κ2) is 13.8. The summed E-state index contributed by atoms with van der Waals surface area (Å²) in [6, 6.07) is 5.56. The van der Waals surface area contributed by atoms with Gasteiger partial charge in [-0.3, -0.25) is 4.72 Å². The van der Waals surface area contributed by atoms with Gasteiger partial charge in [-0.05, 0) is 63.1 Å². The highest BCUT2D eigenvalue weighted by molar-refractivity contribution is 7.92. The van der Waals surface area contributed by atoms with E-state index in [1.54, 1.807) is 29.2 Å². The molecule has 1 aromatic carbocycles. The number of amides is 1. The molecule has 0 bridgehead atoms. The Morgan fingerprint density at radius 1 is 1.10 bits per heavy atom. The Labute approximate surface area is 241 Å². The van der Waals surface area contributed by atoms with Gasteiger partial charge in [-0.15, -0.1) is 0 Å². The monoisotopic (exact) mass is 588 g/mol. The fraction of sp³-hybridized carbons (Fsp3) is 0.571. The van der Waals surface area contributed by atoms with Crippen molar-refractivity contribution in [3.8, 4) is 5.75 Å².